The van der Waals surface area contributed by atoms with E-state index in [-0.39, 0.29) is 28.5 Å². The number of H-pyrrole nitrogens is 1. The van der Waals surface area contributed by atoms with Crippen LogP contribution < -0.4 is 27.8 Å². The molecule has 3 aromatic carbocycles. The van der Waals surface area contributed by atoms with Crippen LogP contribution in [0.2, 0.25) is 0 Å². The number of nitrogens with zero attached hydrogens (tertiary/aromatic N) is 4. The quantitative estimate of drug-likeness (QED) is 0.0389. The molecule has 0 amide bonds. The van der Waals surface area contributed by atoms with Crippen molar-refractivity contribution in [2.45, 2.75) is 101 Å². The number of aliphatic imine (C=N–C) groups is 1. The van der Waals surface area contributed by atoms with E-state index in [9.17, 15) is 13.2 Å². The molecule has 1 saturated heterocycles. The highest BCUT2D eigenvalue weighted by Crippen LogP contribution is 2.30. The third-order valence-corrected chi connectivity index (χ3v) is 13.0. The summed E-state index contributed by atoms with van der Waals surface area (Å²) >= 11 is 1.66. The number of aromatic nitrogens is 3. The molecule has 0 unspecified atom stereocenters. The van der Waals surface area contributed by atoms with Crippen molar-refractivity contribution in [3.63, 3.8) is 0 Å². The molecule has 1 aliphatic rings. The lowest BCUT2D eigenvalue weighted by atomic mass is 9.87. The predicted molar refractivity (Wildman–Crippen MR) is 239 cm³/mol. The second kappa shape index (κ2) is 19.5. The molecule has 0 atom stereocenters. The summed E-state index contributed by atoms with van der Waals surface area (Å²) in [4.78, 5) is 25.4. The number of rotatable bonds is 13. The largest absolute Gasteiger partial charge is 0.370 e. The van der Waals surface area contributed by atoms with Crippen LogP contribution >= 0.6 is 11.8 Å². The normalized spacial score (nSPS) is 14.0. The van der Waals surface area contributed by atoms with Crippen LogP contribution in [0, 0.1) is 0 Å². The maximum atomic E-state index is 13.7. The van der Waals surface area contributed by atoms with Crippen molar-refractivity contribution in [2.75, 3.05) is 32.4 Å². The van der Waals surface area contributed by atoms with Crippen LogP contribution in [0.3, 0.4) is 0 Å². The molecule has 312 valence electrons. The first kappa shape index (κ1) is 44.6. The third kappa shape index (κ3) is 11.8. The van der Waals surface area contributed by atoms with Gasteiger partial charge in [0.25, 0.3) is 0 Å². The molecule has 0 radical (unpaired) electrons. The van der Waals surface area contributed by atoms with E-state index in [1.165, 1.54) is 0 Å². The summed E-state index contributed by atoms with van der Waals surface area (Å²) < 4.78 is 30.7. The Bertz CT molecular complexity index is 2300. The molecule has 0 bridgehead atoms. The van der Waals surface area contributed by atoms with Crippen LogP contribution in [-0.4, -0.2) is 71.7 Å². The van der Waals surface area contributed by atoms with Gasteiger partial charge in [-0.1, -0.05) is 84.0 Å². The minimum Gasteiger partial charge on any atom is -0.370 e. The lowest BCUT2D eigenvalue weighted by Crippen LogP contribution is -2.45. The number of sulfonamides is 1. The number of nitrogens with two attached hydrogens (primary N) is 2. The number of piperidine rings is 1. The Labute approximate surface area is 348 Å². The highest BCUT2D eigenvalue weighted by atomic mass is 32.2. The Balaban J connectivity index is 0.000000221. The zero-order valence-electron chi connectivity index (χ0n) is 35.0. The molecule has 0 aliphatic carbocycles. The molecule has 7 N–H and O–H groups in total. The molecule has 1 fully saturated rings. The molecular weight excluding hydrogens is 767 g/mol. The zero-order chi connectivity index (χ0) is 42.1. The smallest absolute Gasteiger partial charge is 0.354 e. The molecule has 3 heterocycles. The van der Waals surface area contributed by atoms with E-state index in [0.29, 0.717) is 23.6 Å². The maximum absolute atomic E-state index is 13.7. The number of thioether (sulfide) groups is 1. The Kier molecular flexibility index (Phi) is 15.0. The van der Waals surface area contributed by atoms with Crippen LogP contribution in [0.1, 0.15) is 83.2 Å². The molecule has 5 aromatic rings. The van der Waals surface area contributed by atoms with E-state index < -0.39 is 10.0 Å². The first-order chi connectivity index (χ1) is 27.5. The number of guanidine groups is 1. The van der Waals surface area contributed by atoms with Crippen molar-refractivity contribution in [1.82, 2.24) is 29.5 Å². The summed E-state index contributed by atoms with van der Waals surface area (Å²) in [6.07, 6.45) is 6.41. The second-order valence-electron chi connectivity index (χ2n) is 16.8. The number of fused-ring (bicyclic) bond motifs is 1. The molecular formula is C44H61N9O3S2. The van der Waals surface area contributed by atoms with Crippen molar-refractivity contribution in [2.24, 2.45) is 16.5 Å². The Morgan fingerprint density at radius 2 is 1.64 bits per heavy atom. The average molecular weight is 828 g/mol. The lowest BCUT2D eigenvalue weighted by molar-refractivity contribution is 0.255. The Morgan fingerprint density at radius 3 is 2.26 bits per heavy atom. The monoisotopic (exact) mass is 827 g/mol. The molecule has 12 nitrogen and oxygen atoms in total. The molecule has 0 saturated carbocycles. The number of hydrogen-bond donors (Lipinski definition) is 5. The molecule has 1 aliphatic heterocycles. The number of nitrogens with one attached hydrogen (secondary N) is 3. The number of hydrogen-bond acceptors (Lipinski definition) is 8. The van der Waals surface area contributed by atoms with Gasteiger partial charge in [-0.25, -0.2) is 13.2 Å². The highest BCUT2D eigenvalue weighted by Gasteiger charge is 2.33. The van der Waals surface area contributed by atoms with E-state index in [0.717, 1.165) is 83.8 Å². The van der Waals surface area contributed by atoms with E-state index >= 15 is 0 Å². The minimum absolute atomic E-state index is 0.00565. The molecule has 2 aromatic heterocycles. The van der Waals surface area contributed by atoms with E-state index in [2.05, 4.69) is 79.3 Å². The van der Waals surface area contributed by atoms with Gasteiger partial charge in [0.2, 0.25) is 10.0 Å². The first-order valence-corrected chi connectivity index (χ1v) is 22.6. The first-order valence-electron chi connectivity index (χ1n) is 19.9. The lowest BCUT2D eigenvalue weighted by Gasteiger charge is -2.34. The van der Waals surface area contributed by atoms with Crippen LogP contribution in [0.4, 0.5) is 0 Å². The topological polar surface area (TPSA) is 177 Å². The summed E-state index contributed by atoms with van der Waals surface area (Å²) in [6.45, 7) is 17.1. The van der Waals surface area contributed by atoms with Crippen LogP contribution in [0.15, 0.2) is 105 Å². The zero-order valence-corrected chi connectivity index (χ0v) is 36.6. The predicted octanol–water partition coefficient (Wildman–Crippen LogP) is 6.41. The fraction of sp³-hybridized carbons (Fsp3) is 0.432. The summed E-state index contributed by atoms with van der Waals surface area (Å²) in [7, 11) is -3.59. The summed E-state index contributed by atoms with van der Waals surface area (Å²) in [5.41, 5.74) is 16.1. The fourth-order valence-corrected chi connectivity index (χ4v) is 9.04. The Morgan fingerprint density at radius 1 is 0.966 bits per heavy atom. The van der Waals surface area contributed by atoms with Gasteiger partial charge in [0.15, 0.2) is 5.96 Å². The minimum atomic E-state index is -3.59. The summed E-state index contributed by atoms with van der Waals surface area (Å²) in [6, 6.07) is 25.5. The van der Waals surface area contributed by atoms with Crippen LogP contribution in [0.5, 0.6) is 0 Å². The van der Waals surface area contributed by atoms with Gasteiger partial charge in [-0.3, -0.25) is 9.56 Å². The van der Waals surface area contributed by atoms with Crippen molar-refractivity contribution < 1.29 is 8.42 Å². The molecule has 0 spiro atoms. The van der Waals surface area contributed by atoms with Crippen LogP contribution in [-0.2, 0) is 33.9 Å². The number of aromatic amines is 1. The van der Waals surface area contributed by atoms with E-state index in [4.69, 9.17) is 11.5 Å². The molecule has 58 heavy (non-hydrogen) atoms. The standard InChI is InChI=1S/C23H32N2O2S2.C21H29N7O/c1-23(2,3)19-9-11-21(12-10-19)29(26,27)25(20-13-15-24-16-14-20)17-18-7-5-6-8-22(18)28-4;1-21(2,3)17-11-15-13-28(20(29)27-18(15)26-17)16-7-5-14(6-8-16)12-24-9-4-10-25-19(22)23/h5-12,20,24H,13-17H2,1-4H3;5-8,11,13,24H,4,9-10,12H2,1-3H3,(H4,22,23,25)(H,26,27,29). The van der Waals surface area contributed by atoms with Crippen molar-refractivity contribution in [3.8, 4) is 5.69 Å². The van der Waals surface area contributed by atoms with E-state index in [1.807, 2.05) is 67.0 Å². The maximum Gasteiger partial charge on any atom is 0.354 e. The summed E-state index contributed by atoms with van der Waals surface area (Å²) in [5.74, 6) is 0.123. The SMILES string of the molecule is CC(C)(C)c1cc2cn(-c3ccc(CNCCCN=C(N)N)cc3)c(=O)nc2[nH]1.CSc1ccccc1CN(C1CCNCC1)S(=O)(=O)c1ccc(C(C)(C)C)cc1. The van der Waals surface area contributed by atoms with Gasteiger partial charge in [-0.2, -0.15) is 9.29 Å². The molecule has 14 heteroatoms. The van der Waals surface area contributed by atoms with Crippen LogP contribution in [0.25, 0.3) is 16.7 Å². The fourth-order valence-electron chi connectivity index (χ4n) is 6.77. The van der Waals surface area contributed by atoms with Gasteiger partial charge < -0.3 is 27.1 Å². The highest BCUT2D eigenvalue weighted by molar-refractivity contribution is 7.98. The van der Waals surface area contributed by atoms with Gasteiger partial charge in [-0.15, -0.1) is 11.8 Å². The third-order valence-electron chi connectivity index (χ3n) is 10.2. The Hall–Kier alpha value is -4.47. The van der Waals surface area contributed by atoms with Gasteiger partial charge >= 0.3 is 5.69 Å². The second-order valence-corrected chi connectivity index (χ2v) is 19.5. The van der Waals surface area contributed by atoms with Crippen molar-refractivity contribution >= 4 is 38.8 Å². The average Bonchev–Trinajstić information content (AvgIpc) is 3.62. The number of benzene rings is 3. The van der Waals surface area contributed by atoms with Gasteiger partial charge in [0.1, 0.15) is 5.65 Å². The van der Waals surface area contributed by atoms with E-state index in [1.54, 1.807) is 32.8 Å². The summed E-state index contributed by atoms with van der Waals surface area (Å²) in [5, 5.41) is 7.61. The molecule has 6 rings (SSSR count). The van der Waals surface area contributed by atoms with Crippen molar-refractivity contribution in [3.05, 3.63) is 118 Å². The van der Waals surface area contributed by atoms with Crippen molar-refractivity contribution in [1.29, 1.82) is 0 Å². The van der Waals surface area contributed by atoms with Gasteiger partial charge in [0.05, 0.1) is 10.6 Å². The van der Waals surface area contributed by atoms with Gasteiger partial charge in [-0.05, 0) is 104 Å². The van der Waals surface area contributed by atoms with Gasteiger partial charge in [0, 0.05) is 53.3 Å².